The lowest BCUT2D eigenvalue weighted by Crippen LogP contribution is -2.46. The summed E-state index contributed by atoms with van der Waals surface area (Å²) in [6.07, 6.45) is 1.61. The SMILES string of the molecule is CCOc1cc2ccccc2cc1C(=O)NC1CCN(CC(=O)Nc2ccccc2)CC1. The molecule has 166 valence electrons. The summed E-state index contributed by atoms with van der Waals surface area (Å²) in [7, 11) is 0. The first-order valence-corrected chi connectivity index (χ1v) is 11.2. The minimum Gasteiger partial charge on any atom is -0.493 e. The molecule has 0 aliphatic carbocycles. The fourth-order valence-electron chi connectivity index (χ4n) is 4.10. The van der Waals surface area contributed by atoms with E-state index < -0.39 is 0 Å². The van der Waals surface area contributed by atoms with Crippen molar-refractivity contribution in [3.8, 4) is 5.75 Å². The maximum Gasteiger partial charge on any atom is 0.255 e. The molecule has 0 unspecified atom stereocenters. The van der Waals surface area contributed by atoms with Crippen molar-refractivity contribution in [3.05, 3.63) is 72.3 Å². The average Bonchev–Trinajstić information content (AvgIpc) is 2.80. The number of likely N-dealkylation sites (tertiary alicyclic amines) is 1. The number of carbonyl (C=O) groups excluding carboxylic acids is 2. The summed E-state index contributed by atoms with van der Waals surface area (Å²) in [6, 6.07) is 21.4. The molecule has 1 fully saturated rings. The predicted molar refractivity (Wildman–Crippen MR) is 127 cm³/mol. The second-order valence-electron chi connectivity index (χ2n) is 8.07. The van der Waals surface area contributed by atoms with Crippen LogP contribution < -0.4 is 15.4 Å². The number of nitrogens with one attached hydrogen (secondary N) is 2. The highest BCUT2D eigenvalue weighted by atomic mass is 16.5. The third-order valence-electron chi connectivity index (χ3n) is 5.74. The Labute approximate surface area is 188 Å². The van der Waals surface area contributed by atoms with E-state index in [0.717, 1.165) is 42.4 Å². The van der Waals surface area contributed by atoms with Gasteiger partial charge in [-0.25, -0.2) is 0 Å². The van der Waals surface area contributed by atoms with Crippen LogP contribution in [0.3, 0.4) is 0 Å². The van der Waals surface area contributed by atoms with Gasteiger partial charge >= 0.3 is 0 Å². The number of para-hydroxylation sites is 1. The lowest BCUT2D eigenvalue weighted by atomic mass is 10.0. The largest absolute Gasteiger partial charge is 0.493 e. The zero-order valence-electron chi connectivity index (χ0n) is 18.3. The lowest BCUT2D eigenvalue weighted by molar-refractivity contribution is -0.117. The highest BCUT2D eigenvalue weighted by molar-refractivity contribution is 6.01. The van der Waals surface area contributed by atoms with Gasteiger partial charge in [0.2, 0.25) is 5.91 Å². The number of carbonyl (C=O) groups is 2. The summed E-state index contributed by atoms with van der Waals surface area (Å²) < 4.78 is 5.75. The minimum atomic E-state index is -0.112. The Morgan fingerprint density at radius 1 is 0.969 bits per heavy atom. The summed E-state index contributed by atoms with van der Waals surface area (Å²) >= 11 is 0. The van der Waals surface area contributed by atoms with E-state index in [0.29, 0.717) is 24.5 Å². The summed E-state index contributed by atoms with van der Waals surface area (Å²) in [5.74, 6) is 0.481. The van der Waals surface area contributed by atoms with Gasteiger partial charge in [0.15, 0.2) is 0 Å². The second kappa shape index (κ2) is 10.3. The van der Waals surface area contributed by atoms with Crippen molar-refractivity contribution < 1.29 is 14.3 Å². The average molecular weight is 432 g/mol. The molecule has 0 aromatic heterocycles. The maximum atomic E-state index is 13.0. The predicted octanol–water partition coefficient (Wildman–Crippen LogP) is 4.07. The number of anilines is 1. The van der Waals surface area contributed by atoms with Crippen molar-refractivity contribution in [2.24, 2.45) is 0 Å². The number of benzene rings is 3. The molecule has 1 saturated heterocycles. The standard InChI is InChI=1S/C26H29N3O3/c1-2-32-24-17-20-9-7-6-8-19(20)16-23(24)26(31)28-22-12-14-29(15-13-22)18-25(30)27-21-10-4-3-5-11-21/h3-11,16-17,22H,2,12-15,18H2,1H3,(H,27,30)(H,28,31). The van der Waals surface area contributed by atoms with E-state index in [1.54, 1.807) is 0 Å². The van der Waals surface area contributed by atoms with Crippen LogP contribution in [-0.2, 0) is 4.79 Å². The number of fused-ring (bicyclic) bond motifs is 1. The molecule has 1 heterocycles. The van der Waals surface area contributed by atoms with Gasteiger partial charge < -0.3 is 15.4 Å². The number of hydrogen-bond acceptors (Lipinski definition) is 4. The van der Waals surface area contributed by atoms with E-state index in [1.807, 2.05) is 73.7 Å². The summed E-state index contributed by atoms with van der Waals surface area (Å²) in [5, 5.41) is 8.15. The van der Waals surface area contributed by atoms with Crippen molar-refractivity contribution in [1.29, 1.82) is 0 Å². The number of ether oxygens (including phenoxy) is 1. The van der Waals surface area contributed by atoms with E-state index >= 15 is 0 Å². The van der Waals surface area contributed by atoms with Crippen LogP contribution in [0.5, 0.6) is 5.75 Å². The lowest BCUT2D eigenvalue weighted by Gasteiger charge is -2.32. The van der Waals surface area contributed by atoms with Crippen LogP contribution in [0.25, 0.3) is 10.8 Å². The van der Waals surface area contributed by atoms with Gasteiger partial charge in [0.25, 0.3) is 5.91 Å². The van der Waals surface area contributed by atoms with Crippen LogP contribution in [0.15, 0.2) is 66.7 Å². The Balaban J connectivity index is 1.32. The fraction of sp³-hybridized carbons (Fsp3) is 0.308. The van der Waals surface area contributed by atoms with Gasteiger partial charge in [-0.15, -0.1) is 0 Å². The smallest absolute Gasteiger partial charge is 0.255 e. The molecule has 6 nitrogen and oxygen atoms in total. The molecule has 1 aliphatic rings. The number of amides is 2. The quantitative estimate of drug-likeness (QED) is 0.592. The number of piperidine rings is 1. The molecule has 2 amide bonds. The van der Waals surface area contributed by atoms with Gasteiger partial charge in [0.1, 0.15) is 5.75 Å². The van der Waals surface area contributed by atoms with Crippen LogP contribution in [0.4, 0.5) is 5.69 Å². The van der Waals surface area contributed by atoms with Crippen molar-refractivity contribution in [2.45, 2.75) is 25.8 Å². The van der Waals surface area contributed by atoms with E-state index in [1.165, 1.54) is 0 Å². The van der Waals surface area contributed by atoms with Crippen LogP contribution in [0.1, 0.15) is 30.1 Å². The second-order valence-corrected chi connectivity index (χ2v) is 8.07. The van der Waals surface area contributed by atoms with Crippen LogP contribution in [0.2, 0.25) is 0 Å². The Hall–Kier alpha value is -3.38. The molecule has 4 rings (SSSR count). The monoisotopic (exact) mass is 431 g/mol. The van der Waals surface area contributed by atoms with Crippen LogP contribution in [0, 0.1) is 0 Å². The molecular weight excluding hydrogens is 402 g/mol. The Morgan fingerprint density at radius 3 is 2.31 bits per heavy atom. The first-order chi connectivity index (χ1) is 15.6. The molecule has 6 heteroatoms. The van der Waals surface area contributed by atoms with Crippen molar-refractivity contribution in [2.75, 3.05) is 31.6 Å². The van der Waals surface area contributed by atoms with Crippen LogP contribution >= 0.6 is 0 Å². The van der Waals surface area contributed by atoms with Gasteiger partial charge in [-0.3, -0.25) is 14.5 Å². The van der Waals surface area contributed by atoms with Crippen LogP contribution in [-0.4, -0.2) is 49.0 Å². The van der Waals surface area contributed by atoms with E-state index in [-0.39, 0.29) is 17.9 Å². The molecule has 1 aliphatic heterocycles. The summed E-state index contributed by atoms with van der Waals surface area (Å²) in [5.41, 5.74) is 1.37. The van der Waals surface area contributed by atoms with Gasteiger partial charge in [-0.05, 0) is 54.8 Å². The first kappa shape index (κ1) is 21.8. The van der Waals surface area contributed by atoms with E-state index in [2.05, 4.69) is 15.5 Å². The molecule has 0 saturated carbocycles. The third kappa shape index (κ3) is 5.45. The number of hydrogen-bond donors (Lipinski definition) is 2. The van der Waals surface area contributed by atoms with Crippen molar-refractivity contribution in [3.63, 3.8) is 0 Å². The van der Waals surface area contributed by atoms with Gasteiger partial charge in [0.05, 0.1) is 18.7 Å². The Bertz CT molecular complexity index is 1080. The molecule has 0 radical (unpaired) electrons. The molecule has 3 aromatic carbocycles. The Morgan fingerprint density at radius 2 is 1.62 bits per heavy atom. The molecule has 3 aromatic rings. The zero-order chi connectivity index (χ0) is 22.3. The highest BCUT2D eigenvalue weighted by Gasteiger charge is 2.24. The molecular formula is C26H29N3O3. The third-order valence-corrected chi connectivity index (χ3v) is 5.74. The highest BCUT2D eigenvalue weighted by Crippen LogP contribution is 2.26. The normalized spacial score (nSPS) is 14.8. The first-order valence-electron chi connectivity index (χ1n) is 11.2. The summed E-state index contributed by atoms with van der Waals surface area (Å²) in [4.78, 5) is 27.5. The fourth-order valence-corrected chi connectivity index (χ4v) is 4.10. The number of rotatable bonds is 7. The maximum absolute atomic E-state index is 13.0. The van der Waals surface area contributed by atoms with Crippen molar-refractivity contribution in [1.82, 2.24) is 10.2 Å². The molecule has 0 bridgehead atoms. The Kier molecular flexibility index (Phi) is 7.02. The van der Waals surface area contributed by atoms with E-state index in [4.69, 9.17) is 4.74 Å². The zero-order valence-corrected chi connectivity index (χ0v) is 18.3. The van der Waals surface area contributed by atoms with Gasteiger partial charge in [-0.2, -0.15) is 0 Å². The minimum absolute atomic E-state index is 0.0174. The van der Waals surface area contributed by atoms with Crippen molar-refractivity contribution >= 4 is 28.3 Å². The topological polar surface area (TPSA) is 70.7 Å². The molecule has 0 spiro atoms. The number of nitrogens with zero attached hydrogens (tertiary/aromatic N) is 1. The molecule has 32 heavy (non-hydrogen) atoms. The molecule has 0 atom stereocenters. The van der Waals surface area contributed by atoms with Gasteiger partial charge in [-0.1, -0.05) is 42.5 Å². The van der Waals surface area contributed by atoms with Gasteiger partial charge in [0, 0.05) is 24.8 Å². The summed E-state index contributed by atoms with van der Waals surface area (Å²) in [6.45, 7) is 4.31. The van der Waals surface area contributed by atoms with E-state index in [9.17, 15) is 9.59 Å². The molecule has 2 N–H and O–H groups in total.